The van der Waals surface area contributed by atoms with Gasteiger partial charge in [0.1, 0.15) is 9.84 Å². The number of aromatic nitrogens is 1. The Morgan fingerprint density at radius 2 is 2.26 bits per heavy atom. The molecule has 6 heteroatoms. The molecule has 4 nitrogen and oxygen atoms in total. The molecule has 0 spiro atoms. The van der Waals surface area contributed by atoms with Crippen molar-refractivity contribution in [3.63, 3.8) is 0 Å². The molecule has 0 aliphatic heterocycles. The van der Waals surface area contributed by atoms with Gasteiger partial charge in [-0.05, 0) is 46.8 Å². The van der Waals surface area contributed by atoms with Crippen molar-refractivity contribution >= 4 is 25.8 Å². The van der Waals surface area contributed by atoms with Crippen LogP contribution in [0.25, 0.3) is 0 Å². The van der Waals surface area contributed by atoms with Crippen LogP contribution < -0.4 is 5.32 Å². The number of halogens is 1. The van der Waals surface area contributed by atoms with Crippen LogP contribution >= 0.6 is 15.9 Å². The highest BCUT2D eigenvalue weighted by Gasteiger charge is 2.28. The van der Waals surface area contributed by atoms with E-state index in [4.69, 9.17) is 0 Å². The molecule has 0 saturated heterocycles. The van der Waals surface area contributed by atoms with Gasteiger partial charge < -0.3 is 5.32 Å². The fourth-order valence-electron chi connectivity index (χ4n) is 2.52. The average molecular weight is 347 g/mol. The summed E-state index contributed by atoms with van der Waals surface area (Å²) in [6.07, 6.45) is 8.44. The second-order valence-corrected chi connectivity index (χ2v) is 8.34. The molecule has 0 bridgehead atoms. The molecule has 1 fully saturated rings. The van der Waals surface area contributed by atoms with Crippen molar-refractivity contribution in [1.82, 2.24) is 10.3 Å². The van der Waals surface area contributed by atoms with Gasteiger partial charge in [0.05, 0.1) is 5.25 Å². The van der Waals surface area contributed by atoms with E-state index >= 15 is 0 Å². The van der Waals surface area contributed by atoms with E-state index in [0.29, 0.717) is 0 Å². The molecule has 1 aromatic rings. The summed E-state index contributed by atoms with van der Waals surface area (Å²) in [5.74, 6) is 0. The number of nitrogens with one attached hydrogen (secondary N) is 1. The van der Waals surface area contributed by atoms with Crippen LogP contribution in [0.15, 0.2) is 22.9 Å². The summed E-state index contributed by atoms with van der Waals surface area (Å²) >= 11 is 3.47. The first-order valence-corrected chi connectivity index (χ1v) is 9.22. The Labute approximate surface area is 123 Å². The Morgan fingerprint density at radius 1 is 1.47 bits per heavy atom. The van der Waals surface area contributed by atoms with Crippen molar-refractivity contribution in [2.24, 2.45) is 0 Å². The van der Waals surface area contributed by atoms with Gasteiger partial charge in [0.15, 0.2) is 0 Å². The largest absolute Gasteiger partial charge is 0.310 e. The Hall–Kier alpha value is -0.460. The average Bonchev–Trinajstić information content (AvgIpc) is 2.37. The first-order chi connectivity index (χ1) is 8.97. The van der Waals surface area contributed by atoms with E-state index in [1.807, 2.05) is 6.07 Å². The minimum Gasteiger partial charge on any atom is -0.310 e. The highest BCUT2D eigenvalue weighted by atomic mass is 79.9. The Balaban J connectivity index is 1.92. The molecule has 1 saturated carbocycles. The van der Waals surface area contributed by atoms with Gasteiger partial charge in [-0.25, -0.2) is 8.42 Å². The van der Waals surface area contributed by atoms with E-state index in [0.717, 1.165) is 42.3 Å². The normalized spacial score (nSPS) is 24.3. The summed E-state index contributed by atoms with van der Waals surface area (Å²) in [7, 11) is -2.91. The third-order valence-corrected chi connectivity index (χ3v) is 6.02. The predicted octanol–water partition coefficient (Wildman–Crippen LogP) is 2.29. The first-order valence-electron chi connectivity index (χ1n) is 6.47. The van der Waals surface area contributed by atoms with Crippen LogP contribution in [-0.2, 0) is 16.4 Å². The molecule has 1 heterocycles. The quantitative estimate of drug-likeness (QED) is 0.908. The van der Waals surface area contributed by atoms with E-state index < -0.39 is 9.84 Å². The minimum atomic E-state index is -2.91. The number of hydrogen-bond donors (Lipinski definition) is 1. The summed E-state index contributed by atoms with van der Waals surface area (Å²) in [5, 5.41) is 3.28. The van der Waals surface area contributed by atoms with Crippen molar-refractivity contribution in [1.29, 1.82) is 0 Å². The van der Waals surface area contributed by atoms with Gasteiger partial charge >= 0.3 is 0 Å². The minimum absolute atomic E-state index is 0.181. The molecule has 0 radical (unpaired) electrons. The van der Waals surface area contributed by atoms with E-state index in [9.17, 15) is 8.42 Å². The summed E-state index contributed by atoms with van der Waals surface area (Å²) in [6, 6.07) is 2.25. The standard InChI is InChI=1S/C13H19BrN2O2S/c1-19(17,18)12-4-2-3-11(7-12)16-8-10-5-6-15-9-13(10)14/h5-6,9,11-12,16H,2-4,7-8H2,1H3. The third-order valence-electron chi connectivity index (χ3n) is 3.67. The molecule has 2 unspecified atom stereocenters. The Morgan fingerprint density at radius 3 is 2.95 bits per heavy atom. The van der Waals surface area contributed by atoms with Gasteiger partial charge in [-0.1, -0.05) is 6.42 Å². The van der Waals surface area contributed by atoms with Crippen LogP contribution in [0.1, 0.15) is 31.2 Å². The van der Waals surface area contributed by atoms with Crippen molar-refractivity contribution in [2.75, 3.05) is 6.26 Å². The lowest BCUT2D eigenvalue weighted by atomic mass is 9.95. The summed E-state index contributed by atoms with van der Waals surface area (Å²) in [4.78, 5) is 4.03. The smallest absolute Gasteiger partial charge is 0.150 e. The van der Waals surface area contributed by atoms with Gasteiger partial charge in [0.25, 0.3) is 0 Å². The zero-order valence-corrected chi connectivity index (χ0v) is 13.4. The lowest BCUT2D eigenvalue weighted by Crippen LogP contribution is -2.38. The number of sulfone groups is 1. The van der Waals surface area contributed by atoms with Crippen LogP contribution in [0.4, 0.5) is 0 Å². The van der Waals surface area contributed by atoms with Crippen molar-refractivity contribution in [3.05, 3.63) is 28.5 Å². The van der Waals surface area contributed by atoms with E-state index in [2.05, 4.69) is 26.2 Å². The van der Waals surface area contributed by atoms with Crippen LogP contribution in [0.2, 0.25) is 0 Å². The topological polar surface area (TPSA) is 59.1 Å². The van der Waals surface area contributed by atoms with E-state index in [1.54, 1.807) is 12.4 Å². The highest BCUT2D eigenvalue weighted by molar-refractivity contribution is 9.10. The van der Waals surface area contributed by atoms with Gasteiger partial charge in [0.2, 0.25) is 0 Å². The van der Waals surface area contributed by atoms with Crippen molar-refractivity contribution < 1.29 is 8.42 Å². The lowest BCUT2D eigenvalue weighted by Gasteiger charge is -2.28. The van der Waals surface area contributed by atoms with Gasteiger partial charge in [-0.15, -0.1) is 0 Å². The molecule has 1 aromatic heterocycles. The molecule has 0 aromatic carbocycles. The van der Waals surface area contributed by atoms with Gasteiger partial charge in [-0.3, -0.25) is 4.98 Å². The fraction of sp³-hybridized carbons (Fsp3) is 0.615. The molecule has 19 heavy (non-hydrogen) atoms. The second kappa shape index (κ2) is 6.33. The molecule has 1 aliphatic carbocycles. The zero-order chi connectivity index (χ0) is 13.9. The zero-order valence-electron chi connectivity index (χ0n) is 11.0. The predicted molar refractivity (Wildman–Crippen MR) is 79.7 cm³/mol. The molecular weight excluding hydrogens is 328 g/mol. The number of nitrogens with zero attached hydrogens (tertiary/aromatic N) is 1. The molecule has 2 atom stereocenters. The maximum atomic E-state index is 11.6. The van der Waals surface area contributed by atoms with Crippen molar-refractivity contribution in [3.8, 4) is 0 Å². The molecular formula is C13H19BrN2O2S. The summed E-state index contributed by atoms with van der Waals surface area (Å²) < 4.78 is 24.2. The third kappa shape index (κ3) is 4.26. The van der Waals surface area contributed by atoms with Crippen molar-refractivity contribution in [2.45, 2.75) is 43.5 Å². The second-order valence-electron chi connectivity index (χ2n) is 5.16. The van der Waals surface area contributed by atoms with Crippen LogP contribution in [-0.4, -0.2) is 30.9 Å². The number of hydrogen-bond acceptors (Lipinski definition) is 4. The van der Waals surface area contributed by atoms with E-state index in [-0.39, 0.29) is 11.3 Å². The SMILES string of the molecule is CS(=O)(=O)C1CCCC(NCc2ccncc2Br)C1. The highest BCUT2D eigenvalue weighted by Crippen LogP contribution is 2.24. The Bertz CT molecular complexity index is 533. The Kier molecular flexibility index (Phi) is 4.97. The summed E-state index contributed by atoms with van der Waals surface area (Å²) in [5.41, 5.74) is 1.15. The molecule has 2 rings (SSSR count). The number of pyridine rings is 1. The maximum absolute atomic E-state index is 11.6. The van der Waals surface area contributed by atoms with Crippen LogP contribution in [0, 0.1) is 0 Å². The molecule has 1 N–H and O–H groups in total. The fourth-order valence-corrected chi connectivity index (χ4v) is 4.09. The van der Waals surface area contributed by atoms with E-state index in [1.165, 1.54) is 6.26 Å². The first kappa shape index (κ1) is 14.9. The van der Waals surface area contributed by atoms with Gasteiger partial charge in [-0.2, -0.15) is 0 Å². The van der Waals surface area contributed by atoms with Gasteiger partial charge in [0, 0.05) is 35.7 Å². The molecule has 1 aliphatic rings. The lowest BCUT2D eigenvalue weighted by molar-refractivity contribution is 0.370. The van der Waals surface area contributed by atoms with Crippen LogP contribution in [0.5, 0.6) is 0 Å². The number of rotatable bonds is 4. The molecule has 106 valence electrons. The maximum Gasteiger partial charge on any atom is 0.150 e. The monoisotopic (exact) mass is 346 g/mol. The molecule has 0 amide bonds. The summed E-state index contributed by atoms with van der Waals surface area (Å²) in [6.45, 7) is 0.740. The van der Waals surface area contributed by atoms with Crippen LogP contribution in [0.3, 0.4) is 0 Å².